The molecule has 0 saturated heterocycles. The normalized spacial score (nSPS) is 12.3. The number of carbonyl (C=O) groups is 1. The van der Waals surface area contributed by atoms with Gasteiger partial charge in [0.05, 0.1) is 11.1 Å². The Labute approximate surface area is 135 Å². The van der Waals surface area contributed by atoms with Gasteiger partial charge in [-0.1, -0.05) is 32.9 Å². The van der Waals surface area contributed by atoms with E-state index in [-0.39, 0.29) is 5.97 Å². The summed E-state index contributed by atoms with van der Waals surface area (Å²) in [6.07, 6.45) is -0.0153. The zero-order valence-electron chi connectivity index (χ0n) is 13.1. The van der Waals surface area contributed by atoms with Gasteiger partial charge in [-0.2, -0.15) is 0 Å². The number of hydrogen-bond donors (Lipinski definition) is 1. The van der Waals surface area contributed by atoms with Crippen molar-refractivity contribution in [3.63, 3.8) is 0 Å². The molecule has 118 valence electrons. The second-order valence-corrected chi connectivity index (χ2v) is 5.88. The predicted molar refractivity (Wildman–Crippen MR) is 87.5 cm³/mol. The maximum atomic E-state index is 11.9. The van der Waals surface area contributed by atoms with Crippen molar-refractivity contribution in [3.8, 4) is 5.75 Å². The number of benzene rings is 1. The highest BCUT2D eigenvalue weighted by molar-refractivity contribution is 9.10. The molecule has 1 aromatic carbocycles. The second kappa shape index (κ2) is 9.05. The molecule has 21 heavy (non-hydrogen) atoms. The molecular weight excluding hydrogens is 334 g/mol. The van der Waals surface area contributed by atoms with E-state index in [0.717, 1.165) is 10.0 Å². The fraction of sp³-hybridized carbons (Fsp3) is 0.562. The average molecular weight is 358 g/mol. The highest BCUT2D eigenvalue weighted by Crippen LogP contribution is 2.30. The fourth-order valence-electron chi connectivity index (χ4n) is 1.81. The van der Waals surface area contributed by atoms with Crippen molar-refractivity contribution < 1.29 is 14.3 Å². The summed E-state index contributed by atoms with van der Waals surface area (Å²) in [7, 11) is 0. The highest BCUT2D eigenvalue weighted by Gasteiger charge is 2.22. The maximum Gasteiger partial charge on any atom is 0.347 e. The van der Waals surface area contributed by atoms with Gasteiger partial charge in [0.25, 0.3) is 0 Å². The molecule has 1 aromatic rings. The number of esters is 1. The summed E-state index contributed by atoms with van der Waals surface area (Å²) in [6.45, 7) is 8.92. The first-order valence-electron chi connectivity index (χ1n) is 7.33. The van der Waals surface area contributed by atoms with Crippen LogP contribution >= 0.6 is 15.9 Å². The molecule has 1 atom stereocenters. The lowest BCUT2D eigenvalue weighted by Gasteiger charge is -2.20. The van der Waals surface area contributed by atoms with E-state index in [1.165, 1.54) is 0 Å². The number of ether oxygens (including phenoxy) is 2. The number of rotatable bonds is 8. The van der Waals surface area contributed by atoms with Gasteiger partial charge in [0, 0.05) is 18.2 Å². The Kier molecular flexibility index (Phi) is 7.75. The minimum atomic E-state index is -0.582. The molecule has 1 rings (SSSR count). The van der Waals surface area contributed by atoms with Crippen molar-refractivity contribution in [3.05, 3.63) is 28.2 Å². The molecule has 0 aliphatic carbocycles. The summed E-state index contributed by atoms with van der Waals surface area (Å²) in [5.74, 6) is 0.379. The number of nitrogens with one attached hydrogen (secondary N) is 1. The molecule has 0 saturated carbocycles. The van der Waals surface area contributed by atoms with E-state index in [4.69, 9.17) is 9.47 Å². The zero-order valence-corrected chi connectivity index (χ0v) is 14.7. The van der Waals surface area contributed by atoms with Crippen LogP contribution < -0.4 is 10.1 Å². The van der Waals surface area contributed by atoms with Gasteiger partial charge in [-0.05, 0) is 35.3 Å². The van der Waals surface area contributed by atoms with Crippen molar-refractivity contribution in [1.29, 1.82) is 0 Å². The monoisotopic (exact) mass is 357 g/mol. The van der Waals surface area contributed by atoms with Gasteiger partial charge >= 0.3 is 5.97 Å². The van der Waals surface area contributed by atoms with E-state index in [1.807, 2.05) is 25.1 Å². The van der Waals surface area contributed by atoms with Gasteiger partial charge in [0.1, 0.15) is 5.75 Å². The Balaban J connectivity index is 2.91. The van der Waals surface area contributed by atoms with Crippen LogP contribution in [-0.4, -0.2) is 24.7 Å². The molecule has 0 aliphatic heterocycles. The summed E-state index contributed by atoms with van der Waals surface area (Å²) in [5, 5.41) is 3.36. The van der Waals surface area contributed by atoms with Gasteiger partial charge in [-0.15, -0.1) is 0 Å². The van der Waals surface area contributed by atoms with Crippen LogP contribution in [0.5, 0.6) is 5.75 Å². The smallest absolute Gasteiger partial charge is 0.347 e. The first-order valence-corrected chi connectivity index (χ1v) is 8.12. The van der Waals surface area contributed by atoms with E-state index >= 15 is 0 Å². The Morgan fingerprint density at radius 2 is 2.05 bits per heavy atom. The van der Waals surface area contributed by atoms with Gasteiger partial charge in [0.2, 0.25) is 0 Å². The molecule has 1 unspecified atom stereocenters. The average Bonchev–Trinajstić information content (AvgIpc) is 2.44. The minimum Gasteiger partial charge on any atom is -0.477 e. The fourth-order valence-corrected chi connectivity index (χ4v) is 2.32. The SMILES string of the molecule is CCOC(=O)C(CC)Oc1c(Br)cccc1CNC(C)C. The third-order valence-corrected chi connectivity index (χ3v) is 3.55. The number of para-hydroxylation sites is 1. The first kappa shape index (κ1) is 18.0. The quantitative estimate of drug-likeness (QED) is 0.721. The van der Waals surface area contributed by atoms with Crippen LogP contribution in [0, 0.1) is 0 Å². The highest BCUT2D eigenvalue weighted by atomic mass is 79.9. The Morgan fingerprint density at radius 3 is 2.62 bits per heavy atom. The summed E-state index contributed by atoms with van der Waals surface area (Å²) < 4.78 is 11.8. The Morgan fingerprint density at radius 1 is 1.33 bits per heavy atom. The lowest BCUT2D eigenvalue weighted by molar-refractivity contribution is -0.151. The Hall–Kier alpha value is -1.07. The van der Waals surface area contributed by atoms with Gasteiger partial charge < -0.3 is 14.8 Å². The first-order chi connectivity index (χ1) is 9.99. The standard InChI is InChI=1S/C16H24BrNO3/c1-5-14(16(19)20-6-2)21-15-12(10-18-11(3)4)8-7-9-13(15)17/h7-9,11,14,18H,5-6,10H2,1-4H3. The molecule has 0 heterocycles. The minimum absolute atomic E-state index is 0.321. The third-order valence-electron chi connectivity index (χ3n) is 2.93. The van der Waals surface area contributed by atoms with Crippen LogP contribution in [0.15, 0.2) is 22.7 Å². The van der Waals surface area contributed by atoms with E-state index < -0.39 is 6.10 Å². The molecule has 0 amide bonds. The van der Waals surface area contributed by atoms with E-state index in [1.54, 1.807) is 6.92 Å². The van der Waals surface area contributed by atoms with Gasteiger partial charge in [0.15, 0.2) is 6.10 Å². The molecule has 0 aromatic heterocycles. The zero-order chi connectivity index (χ0) is 15.8. The largest absolute Gasteiger partial charge is 0.477 e. The molecule has 0 spiro atoms. The molecular formula is C16H24BrNO3. The molecule has 0 aliphatic rings. The summed E-state index contributed by atoms with van der Waals surface area (Å²) in [5.41, 5.74) is 1.01. The number of carbonyl (C=O) groups excluding carboxylic acids is 1. The Bertz CT molecular complexity index is 463. The van der Waals surface area contributed by atoms with Crippen LogP contribution in [0.4, 0.5) is 0 Å². The predicted octanol–water partition coefficient (Wildman–Crippen LogP) is 3.67. The van der Waals surface area contributed by atoms with Crippen molar-refractivity contribution >= 4 is 21.9 Å². The van der Waals surface area contributed by atoms with Crippen molar-refractivity contribution in [1.82, 2.24) is 5.32 Å². The summed E-state index contributed by atoms with van der Waals surface area (Å²) >= 11 is 3.50. The summed E-state index contributed by atoms with van der Waals surface area (Å²) in [6, 6.07) is 6.24. The van der Waals surface area contributed by atoms with Crippen LogP contribution in [0.3, 0.4) is 0 Å². The van der Waals surface area contributed by atoms with E-state index in [0.29, 0.717) is 31.4 Å². The molecule has 4 nitrogen and oxygen atoms in total. The summed E-state index contributed by atoms with van der Waals surface area (Å²) in [4.78, 5) is 11.9. The molecule has 5 heteroatoms. The van der Waals surface area contributed by atoms with Gasteiger partial charge in [-0.25, -0.2) is 4.79 Å². The van der Waals surface area contributed by atoms with Crippen molar-refractivity contribution in [2.24, 2.45) is 0 Å². The number of halogens is 1. The molecule has 0 bridgehead atoms. The second-order valence-electron chi connectivity index (χ2n) is 5.03. The lowest BCUT2D eigenvalue weighted by atomic mass is 10.2. The van der Waals surface area contributed by atoms with Crippen LogP contribution in [0.1, 0.15) is 39.7 Å². The van der Waals surface area contributed by atoms with E-state index in [2.05, 4.69) is 35.1 Å². The topological polar surface area (TPSA) is 47.6 Å². The van der Waals surface area contributed by atoms with Crippen molar-refractivity contribution in [2.45, 2.75) is 52.8 Å². The lowest BCUT2D eigenvalue weighted by Crippen LogP contribution is -2.30. The van der Waals surface area contributed by atoms with Gasteiger partial charge in [-0.3, -0.25) is 0 Å². The van der Waals surface area contributed by atoms with E-state index in [9.17, 15) is 4.79 Å². The van der Waals surface area contributed by atoms with Crippen LogP contribution in [0.2, 0.25) is 0 Å². The number of hydrogen-bond acceptors (Lipinski definition) is 4. The molecule has 0 fully saturated rings. The maximum absolute atomic E-state index is 11.9. The molecule has 0 radical (unpaired) electrons. The third kappa shape index (κ3) is 5.67. The van der Waals surface area contributed by atoms with Crippen molar-refractivity contribution in [2.75, 3.05) is 6.61 Å². The van der Waals surface area contributed by atoms with Crippen LogP contribution in [0.25, 0.3) is 0 Å². The molecule has 1 N–H and O–H groups in total. The van der Waals surface area contributed by atoms with Crippen LogP contribution in [-0.2, 0) is 16.1 Å².